The highest BCUT2D eigenvalue weighted by Crippen LogP contribution is 2.46. The maximum atomic E-state index is 13.5. The van der Waals surface area contributed by atoms with Gasteiger partial charge < -0.3 is 35.5 Å². The second-order valence-electron chi connectivity index (χ2n) is 15.3. The molecule has 0 atom stereocenters. The number of rotatable bonds is 14. The topological polar surface area (TPSA) is 177 Å². The number of anilines is 5. The van der Waals surface area contributed by atoms with Crippen molar-refractivity contribution in [1.29, 1.82) is 0 Å². The van der Waals surface area contributed by atoms with Gasteiger partial charge in [0.1, 0.15) is 29.2 Å². The Labute approximate surface area is 343 Å². The van der Waals surface area contributed by atoms with E-state index < -0.39 is 27.6 Å². The predicted molar refractivity (Wildman–Crippen MR) is 229 cm³/mol. The van der Waals surface area contributed by atoms with E-state index in [2.05, 4.69) is 25.2 Å². The fourth-order valence-corrected chi connectivity index (χ4v) is 7.48. The van der Waals surface area contributed by atoms with E-state index in [1.165, 1.54) is 19.1 Å². The first-order valence-electron chi connectivity index (χ1n) is 19.1. The number of likely N-dealkylation sites (tertiary alicyclic amines) is 1. The molecule has 0 radical (unpaired) electrons. The maximum Gasteiger partial charge on any atom is 0.324 e. The number of alkyl halides is 1. The average molecular weight is 828 g/mol. The summed E-state index contributed by atoms with van der Waals surface area (Å²) in [5.41, 5.74) is 8.20. The largest absolute Gasteiger partial charge is 0.496 e. The zero-order valence-electron chi connectivity index (χ0n) is 34.0. The third-order valence-electron chi connectivity index (χ3n) is 9.91. The smallest absolute Gasteiger partial charge is 0.324 e. The number of fused-ring (bicyclic) bond motifs is 1. The molecule has 0 bridgehead atoms. The molecule has 1 fully saturated rings. The number of benzene rings is 4. The van der Waals surface area contributed by atoms with Crippen molar-refractivity contribution in [2.75, 3.05) is 61.6 Å². The standard InChI is InChI=1S/C43H50FN7O7S/c1-43(2,3)27-23-34(49-59(6,54)55)40(57-5)36(24-27)51(42(45)53)35-13-14-37(32-10-8-7-9-31(32)35)58-30-15-18-46-39(26-30)48-29-11-12-33(38(25-29)56-4)41(52)47-19-22-50-20-16-28(44)17-21-50/h7-15,18,23-26,28,49H,16-17,19-22H2,1-6H3,(H2,45,53)(H,46,48)(H,47,52). The van der Waals surface area contributed by atoms with Crippen LogP contribution < -0.4 is 40.2 Å². The van der Waals surface area contributed by atoms with Crippen LogP contribution in [0.2, 0.25) is 0 Å². The van der Waals surface area contributed by atoms with Gasteiger partial charge >= 0.3 is 6.03 Å². The average Bonchev–Trinajstić information content (AvgIpc) is 3.18. The second kappa shape index (κ2) is 17.8. The third kappa shape index (κ3) is 10.3. The van der Waals surface area contributed by atoms with Crippen LogP contribution in [-0.2, 0) is 15.4 Å². The molecule has 3 amide bonds. The Morgan fingerprint density at radius 3 is 2.32 bits per heavy atom. The molecular formula is C43H50FN7O7S. The number of hydrogen-bond donors (Lipinski definition) is 4. The molecular weight excluding hydrogens is 778 g/mol. The van der Waals surface area contributed by atoms with Crippen LogP contribution >= 0.6 is 0 Å². The molecule has 1 aliphatic heterocycles. The number of nitrogens with zero attached hydrogens (tertiary/aromatic N) is 3. The van der Waals surface area contributed by atoms with Crippen molar-refractivity contribution in [3.8, 4) is 23.0 Å². The van der Waals surface area contributed by atoms with Crippen LogP contribution in [0.5, 0.6) is 23.0 Å². The number of primary amides is 1. The summed E-state index contributed by atoms with van der Waals surface area (Å²) in [6, 6.07) is 22.0. The number of nitrogens with two attached hydrogens (primary N) is 1. The minimum absolute atomic E-state index is 0.113. The van der Waals surface area contributed by atoms with Crippen LogP contribution in [0.15, 0.2) is 85.1 Å². The molecule has 0 saturated carbocycles. The van der Waals surface area contributed by atoms with E-state index in [1.54, 1.807) is 60.8 Å². The van der Waals surface area contributed by atoms with Crippen molar-refractivity contribution in [2.24, 2.45) is 5.73 Å². The van der Waals surface area contributed by atoms with Gasteiger partial charge in [0.25, 0.3) is 5.91 Å². The summed E-state index contributed by atoms with van der Waals surface area (Å²) in [7, 11) is -0.837. The Kier molecular flexibility index (Phi) is 12.8. The van der Waals surface area contributed by atoms with Crippen LogP contribution in [-0.4, -0.2) is 83.1 Å². The van der Waals surface area contributed by atoms with Gasteiger partial charge in [-0.25, -0.2) is 22.6 Å². The predicted octanol–water partition coefficient (Wildman–Crippen LogP) is 7.84. The summed E-state index contributed by atoms with van der Waals surface area (Å²) >= 11 is 0. The molecule has 0 unspecified atom stereocenters. The number of sulfonamides is 1. The lowest BCUT2D eigenvalue weighted by Crippen LogP contribution is -2.40. The van der Waals surface area contributed by atoms with Crippen molar-refractivity contribution in [3.05, 3.63) is 96.2 Å². The van der Waals surface area contributed by atoms with Gasteiger partial charge in [-0.1, -0.05) is 45.0 Å². The molecule has 0 spiro atoms. The summed E-state index contributed by atoms with van der Waals surface area (Å²) in [6.07, 6.45) is 2.92. The molecule has 0 aliphatic carbocycles. The number of halogens is 1. The van der Waals surface area contributed by atoms with Crippen LogP contribution in [0.4, 0.5) is 37.8 Å². The molecule has 14 nitrogen and oxygen atoms in total. The monoisotopic (exact) mass is 827 g/mol. The van der Waals surface area contributed by atoms with Gasteiger partial charge in [-0.3, -0.25) is 14.4 Å². The lowest BCUT2D eigenvalue weighted by molar-refractivity contribution is 0.0937. The number of pyridine rings is 1. The summed E-state index contributed by atoms with van der Waals surface area (Å²) < 4.78 is 58.5. The Morgan fingerprint density at radius 1 is 0.932 bits per heavy atom. The first kappa shape index (κ1) is 42.5. The lowest BCUT2D eigenvalue weighted by Gasteiger charge is -2.29. The Hall–Kier alpha value is -6.13. The van der Waals surface area contributed by atoms with Crippen LogP contribution in [0.1, 0.15) is 49.5 Å². The van der Waals surface area contributed by atoms with E-state index in [9.17, 15) is 22.4 Å². The molecule has 16 heteroatoms. The van der Waals surface area contributed by atoms with Gasteiger partial charge in [0, 0.05) is 61.0 Å². The second-order valence-corrected chi connectivity index (χ2v) is 17.0. The quantitative estimate of drug-likeness (QED) is 0.0863. The normalized spacial score (nSPS) is 13.7. The summed E-state index contributed by atoms with van der Waals surface area (Å²) in [5, 5.41) is 7.46. The van der Waals surface area contributed by atoms with Crippen molar-refractivity contribution >= 4 is 61.3 Å². The van der Waals surface area contributed by atoms with Gasteiger partial charge in [0.05, 0.1) is 43.1 Å². The van der Waals surface area contributed by atoms with E-state index in [0.29, 0.717) is 89.8 Å². The Balaban J connectivity index is 1.25. The minimum atomic E-state index is -3.73. The zero-order valence-corrected chi connectivity index (χ0v) is 34.8. The molecule has 2 heterocycles. The summed E-state index contributed by atoms with van der Waals surface area (Å²) in [5.74, 6) is 1.61. The fourth-order valence-electron chi connectivity index (χ4n) is 6.93. The first-order chi connectivity index (χ1) is 28.0. The number of urea groups is 1. The number of carbonyl (C=O) groups excluding carboxylic acids is 2. The molecule has 1 aliphatic rings. The lowest BCUT2D eigenvalue weighted by atomic mass is 9.86. The minimum Gasteiger partial charge on any atom is -0.496 e. The fraction of sp³-hybridized carbons (Fsp3) is 0.326. The number of piperidine rings is 1. The number of carbonyl (C=O) groups is 2. The highest BCUT2D eigenvalue weighted by molar-refractivity contribution is 7.92. The van der Waals surface area contributed by atoms with Gasteiger partial charge in [-0.2, -0.15) is 0 Å². The Morgan fingerprint density at radius 2 is 1.66 bits per heavy atom. The van der Waals surface area contributed by atoms with Crippen molar-refractivity contribution in [3.63, 3.8) is 0 Å². The summed E-state index contributed by atoms with van der Waals surface area (Å²) in [6.45, 7) is 8.35. The molecule has 1 aromatic heterocycles. The number of hydrogen-bond acceptors (Lipinski definition) is 10. The molecule has 59 heavy (non-hydrogen) atoms. The SMILES string of the molecule is COc1cc(Nc2cc(Oc3ccc(N(C(N)=O)c4cc(C(C)(C)C)cc(NS(C)(=O)=O)c4OC)c4ccccc34)ccn2)ccc1C(=O)NCCN1CCC(F)CC1. The van der Waals surface area contributed by atoms with E-state index in [1.807, 2.05) is 45.0 Å². The van der Waals surface area contributed by atoms with Crippen molar-refractivity contribution in [1.82, 2.24) is 15.2 Å². The number of aromatic nitrogens is 1. The van der Waals surface area contributed by atoms with Crippen molar-refractivity contribution in [2.45, 2.75) is 45.2 Å². The van der Waals surface area contributed by atoms with E-state index in [-0.39, 0.29) is 23.0 Å². The zero-order chi connectivity index (χ0) is 42.5. The number of ether oxygens (including phenoxy) is 3. The van der Waals surface area contributed by atoms with Gasteiger partial charge in [0.2, 0.25) is 10.0 Å². The van der Waals surface area contributed by atoms with Crippen LogP contribution in [0.3, 0.4) is 0 Å². The van der Waals surface area contributed by atoms with Crippen molar-refractivity contribution < 1.29 is 36.6 Å². The molecule has 5 N–H and O–H groups in total. The van der Waals surface area contributed by atoms with Gasteiger partial charge in [0.15, 0.2) is 5.75 Å². The highest BCUT2D eigenvalue weighted by atomic mass is 32.2. The van der Waals surface area contributed by atoms with Crippen LogP contribution in [0.25, 0.3) is 10.8 Å². The number of nitrogens with one attached hydrogen (secondary N) is 3. The Bertz CT molecular complexity index is 2450. The molecule has 312 valence electrons. The molecule has 1 saturated heterocycles. The molecule has 5 aromatic rings. The van der Waals surface area contributed by atoms with Gasteiger partial charge in [-0.05, 0) is 66.3 Å². The summed E-state index contributed by atoms with van der Waals surface area (Å²) in [4.78, 5) is 34.3. The van der Waals surface area contributed by atoms with E-state index in [4.69, 9.17) is 19.9 Å². The molecule has 6 rings (SSSR count). The van der Waals surface area contributed by atoms with Crippen LogP contribution in [0, 0.1) is 0 Å². The maximum absolute atomic E-state index is 13.5. The van der Waals surface area contributed by atoms with E-state index >= 15 is 0 Å². The molecule has 4 aromatic carbocycles. The number of amides is 3. The number of methoxy groups -OCH3 is 2. The highest BCUT2D eigenvalue weighted by Gasteiger charge is 2.28. The van der Waals surface area contributed by atoms with Gasteiger partial charge in [-0.15, -0.1) is 0 Å². The first-order valence-corrected chi connectivity index (χ1v) is 21.0. The van der Waals surface area contributed by atoms with E-state index in [0.717, 1.165) is 11.8 Å². The third-order valence-corrected chi connectivity index (χ3v) is 10.5.